The van der Waals surface area contributed by atoms with Gasteiger partial charge in [0.05, 0.1) is 6.04 Å². The minimum Gasteiger partial charge on any atom is -0.345 e. The predicted molar refractivity (Wildman–Crippen MR) is 92.2 cm³/mol. The van der Waals surface area contributed by atoms with Gasteiger partial charge < -0.3 is 5.32 Å². The summed E-state index contributed by atoms with van der Waals surface area (Å²) < 4.78 is 0. The topological polar surface area (TPSA) is 59.1 Å². The second kappa shape index (κ2) is 7.39. The van der Waals surface area contributed by atoms with E-state index in [1.807, 2.05) is 49.4 Å². The molecule has 1 N–H and O–H groups in total. The van der Waals surface area contributed by atoms with Gasteiger partial charge in [0.2, 0.25) is 5.91 Å². The van der Waals surface area contributed by atoms with Crippen molar-refractivity contribution in [3.8, 4) is 0 Å². The van der Waals surface area contributed by atoms with E-state index in [4.69, 9.17) is 0 Å². The summed E-state index contributed by atoms with van der Waals surface area (Å²) in [6.07, 6.45) is 5.12. The minimum absolute atomic E-state index is 0.0284. The highest BCUT2D eigenvalue weighted by Crippen LogP contribution is 2.29. The number of Topliss-reactive ketones (excluding diaryl/α,β-unsaturated/α-hetero) is 1. The van der Waals surface area contributed by atoms with Crippen molar-refractivity contribution in [1.82, 2.24) is 10.3 Å². The van der Waals surface area contributed by atoms with Gasteiger partial charge in [-0.3, -0.25) is 14.6 Å². The molecule has 1 heterocycles. The molecule has 0 radical (unpaired) electrons. The van der Waals surface area contributed by atoms with E-state index in [2.05, 4.69) is 10.3 Å². The lowest BCUT2D eigenvalue weighted by atomic mass is 9.79. The van der Waals surface area contributed by atoms with Gasteiger partial charge in [0.1, 0.15) is 5.78 Å². The van der Waals surface area contributed by atoms with Gasteiger partial charge in [-0.05, 0) is 35.6 Å². The summed E-state index contributed by atoms with van der Waals surface area (Å²) in [5, 5.41) is 3.19. The van der Waals surface area contributed by atoms with Crippen molar-refractivity contribution in [1.29, 1.82) is 0 Å². The molecule has 0 bridgehead atoms. The van der Waals surface area contributed by atoms with E-state index >= 15 is 0 Å². The minimum atomic E-state index is -0.202. The van der Waals surface area contributed by atoms with Gasteiger partial charge in [-0.25, -0.2) is 0 Å². The monoisotopic (exact) mass is 322 g/mol. The number of carbonyl (C=O) groups excluding carboxylic acids is 2. The summed E-state index contributed by atoms with van der Waals surface area (Å²) in [4.78, 5) is 28.5. The molecule has 1 aliphatic carbocycles. The van der Waals surface area contributed by atoms with Gasteiger partial charge in [-0.2, -0.15) is 0 Å². The van der Waals surface area contributed by atoms with Crippen molar-refractivity contribution in [3.05, 3.63) is 66.0 Å². The molecule has 1 saturated carbocycles. The number of ketones is 1. The van der Waals surface area contributed by atoms with Crippen molar-refractivity contribution >= 4 is 11.7 Å². The summed E-state index contributed by atoms with van der Waals surface area (Å²) in [6, 6.07) is 13.6. The number of rotatable bonds is 4. The van der Waals surface area contributed by atoms with Crippen LogP contribution in [0.25, 0.3) is 0 Å². The van der Waals surface area contributed by atoms with Crippen LogP contribution in [0, 0.1) is 11.8 Å². The van der Waals surface area contributed by atoms with Crippen LogP contribution >= 0.6 is 0 Å². The van der Waals surface area contributed by atoms with Crippen LogP contribution in [0.4, 0.5) is 0 Å². The number of nitrogens with one attached hydrogen (secondary N) is 1. The van der Waals surface area contributed by atoms with E-state index in [9.17, 15) is 9.59 Å². The van der Waals surface area contributed by atoms with Crippen LogP contribution in [0.2, 0.25) is 0 Å². The smallest absolute Gasteiger partial charge is 0.224 e. The third-order valence-electron chi connectivity index (χ3n) is 4.77. The molecule has 0 spiro atoms. The molecule has 1 aromatic carbocycles. The number of hydrogen-bond acceptors (Lipinski definition) is 3. The van der Waals surface area contributed by atoms with Gasteiger partial charge in [0, 0.05) is 31.2 Å². The number of amides is 1. The predicted octanol–water partition coefficient (Wildman–Crippen LogP) is 3.29. The van der Waals surface area contributed by atoms with Gasteiger partial charge in [0.15, 0.2) is 0 Å². The van der Waals surface area contributed by atoms with Crippen LogP contribution < -0.4 is 5.32 Å². The Hall–Kier alpha value is -2.49. The van der Waals surface area contributed by atoms with Crippen molar-refractivity contribution in [2.45, 2.75) is 32.2 Å². The van der Waals surface area contributed by atoms with E-state index in [0.717, 1.165) is 11.1 Å². The van der Waals surface area contributed by atoms with Crippen LogP contribution in [-0.4, -0.2) is 16.7 Å². The van der Waals surface area contributed by atoms with E-state index in [1.54, 1.807) is 12.4 Å². The molecule has 0 aliphatic heterocycles. The zero-order valence-corrected chi connectivity index (χ0v) is 13.8. The fourth-order valence-corrected chi connectivity index (χ4v) is 3.40. The first kappa shape index (κ1) is 16.4. The summed E-state index contributed by atoms with van der Waals surface area (Å²) in [7, 11) is 0. The molecule has 4 nitrogen and oxygen atoms in total. The number of nitrogens with zero attached hydrogens (tertiary/aromatic N) is 1. The largest absolute Gasteiger partial charge is 0.345 e. The lowest BCUT2D eigenvalue weighted by Crippen LogP contribution is -2.39. The lowest BCUT2D eigenvalue weighted by Gasteiger charge is -2.29. The highest BCUT2D eigenvalue weighted by atomic mass is 16.2. The Morgan fingerprint density at radius 1 is 1.12 bits per heavy atom. The Kier molecular flexibility index (Phi) is 5.04. The third kappa shape index (κ3) is 3.70. The normalized spacial score (nSPS) is 22.0. The molecule has 3 atom stereocenters. The lowest BCUT2D eigenvalue weighted by molar-refractivity contribution is -0.131. The molecule has 1 amide bonds. The Balaban J connectivity index is 1.82. The molecule has 24 heavy (non-hydrogen) atoms. The maximum Gasteiger partial charge on any atom is 0.224 e. The molecular weight excluding hydrogens is 300 g/mol. The molecule has 0 saturated heterocycles. The summed E-state index contributed by atoms with van der Waals surface area (Å²) in [5.41, 5.74) is 2.04. The van der Waals surface area contributed by atoms with Gasteiger partial charge in [-0.15, -0.1) is 0 Å². The molecule has 1 fully saturated rings. The molecule has 1 aliphatic rings. The zero-order valence-electron chi connectivity index (χ0n) is 13.8. The molecule has 3 rings (SSSR count). The summed E-state index contributed by atoms with van der Waals surface area (Å²) in [5.74, 6) is 0.289. The number of pyridine rings is 1. The second-order valence-electron chi connectivity index (χ2n) is 6.50. The van der Waals surface area contributed by atoms with Crippen LogP contribution in [0.5, 0.6) is 0 Å². The van der Waals surface area contributed by atoms with E-state index < -0.39 is 0 Å². The van der Waals surface area contributed by atoms with Gasteiger partial charge >= 0.3 is 0 Å². The number of benzene rings is 1. The molecule has 1 aromatic heterocycles. The van der Waals surface area contributed by atoms with Crippen molar-refractivity contribution in [2.75, 3.05) is 0 Å². The number of carbonyl (C=O) groups is 2. The van der Waals surface area contributed by atoms with E-state index in [0.29, 0.717) is 19.3 Å². The van der Waals surface area contributed by atoms with Gasteiger partial charge in [-0.1, -0.05) is 37.3 Å². The standard InChI is InChI=1S/C20H22N2O2/c1-14-13-17(23)7-8-18(14)20(24)22-19(15-5-3-2-4-6-15)16-9-11-21-12-10-16/h2-6,9-12,14,18-19H,7-8,13H2,1H3,(H,22,24). The van der Waals surface area contributed by atoms with Crippen LogP contribution in [0.1, 0.15) is 43.4 Å². The van der Waals surface area contributed by atoms with Gasteiger partial charge in [0.25, 0.3) is 0 Å². The first-order chi connectivity index (χ1) is 11.6. The average molecular weight is 322 g/mol. The Labute approximate surface area is 142 Å². The van der Waals surface area contributed by atoms with Crippen molar-refractivity contribution in [2.24, 2.45) is 11.8 Å². The van der Waals surface area contributed by atoms with Crippen molar-refractivity contribution < 1.29 is 9.59 Å². The first-order valence-electron chi connectivity index (χ1n) is 8.42. The highest BCUT2D eigenvalue weighted by Gasteiger charge is 2.32. The van der Waals surface area contributed by atoms with Crippen LogP contribution in [0.3, 0.4) is 0 Å². The maximum absolute atomic E-state index is 12.8. The fourth-order valence-electron chi connectivity index (χ4n) is 3.40. The van der Waals surface area contributed by atoms with Crippen LogP contribution in [0.15, 0.2) is 54.9 Å². The Morgan fingerprint density at radius 3 is 2.46 bits per heavy atom. The first-order valence-corrected chi connectivity index (χ1v) is 8.42. The average Bonchev–Trinajstić information content (AvgIpc) is 2.61. The molecule has 3 unspecified atom stereocenters. The van der Waals surface area contributed by atoms with Crippen LogP contribution in [-0.2, 0) is 9.59 Å². The molecule has 124 valence electrons. The van der Waals surface area contributed by atoms with Crippen molar-refractivity contribution in [3.63, 3.8) is 0 Å². The number of hydrogen-bond donors (Lipinski definition) is 1. The highest BCUT2D eigenvalue weighted by molar-refractivity contribution is 5.85. The van der Waals surface area contributed by atoms with E-state index in [1.165, 1.54) is 0 Å². The molecule has 4 heteroatoms. The maximum atomic E-state index is 12.8. The Bertz CT molecular complexity index is 661. The third-order valence-corrected chi connectivity index (χ3v) is 4.77. The second-order valence-corrected chi connectivity index (χ2v) is 6.50. The fraction of sp³-hybridized carbons (Fsp3) is 0.350. The zero-order chi connectivity index (χ0) is 16.9. The summed E-state index contributed by atoms with van der Waals surface area (Å²) >= 11 is 0. The quantitative estimate of drug-likeness (QED) is 0.939. The molecule has 2 aromatic rings. The van der Waals surface area contributed by atoms with E-state index in [-0.39, 0.29) is 29.6 Å². The SMILES string of the molecule is CC1CC(=O)CCC1C(=O)NC(c1ccccc1)c1ccncc1. The number of aromatic nitrogens is 1. The molecular formula is C20H22N2O2. The Morgan fingerprint density at radius 2 is 1.79 bits per heavy atom. The summed E-state index contributed by atoms with van der Waals surface area (Å²) in [6.45, 7) is 1.99.